The van der Waals surface area contributed by atoms with E-state index in [0.717, 1.165) is 22.2 Å². The van der Waals surface area contributed by atoms with Crippen LogP contribution in [-0.2, 0) is 9.59 Å². The van der Waals surface area contributed by atoms with Crippen LogP contribution in [-0.4, -0.2) is 35.6 Å². The topological polar surface area (TPSA) is 75.7 Å². The number of amides is 3. The van der Waals surface area contributed by atoms with E-state index in [0.29, 0.717) is 16.5 Å². The van der Waals surface area contributed by atoms with Crippen molar-refractivity contribution in [1.82, 2.24) is 4.90 Å². The average molecular weight is 403 g/mol. The van der Waals surface area contributed by atoms with Crippen LogP contribution in [0.1, 0.15) is 5.56 Å². The molecule has 2 aromatic carbocycles. The second-order valence-corrected chi connectivity index (χ2v) is 7.03. The highest BCUT2D eigenvalue weighted by atomic mass is 35.5. The summed E-state index contributed by atoms with van der Waals surface area (Å²) in [4.78, 5) is 38.0. The lowest BCUT2D eigenvalue weighted by Crippen LogP contribution is -2.36. The average Bonchev–Trinajstić information content (AvgIpc) is 2.91. The fourth-order valence-electron chi connectivity index (χ4n) is 2.40. The Morgan fingerprint density at radius 3 is 2.67 bits per heavy atom. The summed E-state index contributed by atoms with van der Waals surface area (Å²) in [7, 11) is 1.55. The minimum atomic E-state index is -0.501. The molecule has 1 heterocycles. The molecule has 0 aromatic heterocycles. The van der Waals surface area contributed by atoms with Gasteiger partial charge in [-0.2, -0.15) is 0 Å². The second kappa shape index (κ2) is 8.28. The molecule has 3 rings (SSSR count). The first kappa shape index (κ1) is 19.0. The SMILES string of the molecule is COc1cccc(/C=C2/SC(=O)N(CC(=O)Nc3ccc(Cl)cc3)C2=O)c1. The Kier molecular flexibility index (Phi) is 5.83. The van der Waals surface area contributed by atoms with Crippen molar-refractivity contribution in [2.45, 2.75) is 0 Å². The van der Waals surface area contributed by atoms with E-state index in [2.05, 4.69) is 5.32 Å². The fourth-order valence-corrected chi connectivity index (χ4v) is 3.36. The van der Waals surface area contributed by atoms with Crippen LogP contribution in [0.3, 0.4) is 0 Å². The zero-order valence-electron chi connectivity index (χ0n) is 14.3. The van der Waals surface area contributed by atoms with Crippen molar-refractivity contribution in [3.05, 3.63) is 64.0 Å². The smallest absolute Gasteiger partial charge is 0.294 e. The molecule has 0 radical (unpaired) electrons. The Hall–Kier alpha value is -2.77. The number of benzene rings is 2. The number of carbonyl (C=O) groups excluding carboxylic acids is 3. The highest BCUT2D eigenvalue weighted by molar-refractivity contribution is 8.18. The molecule has 8 heteroatoms. The maximum Gasteiger partial charge on any atom is 0.294 e. The van der Waals surface area contributed by atoms with E-state index < -0.39 is 17.1 Å². The number of halogens is 1. The third-order valence-corrected chi connectivity index (χ3v) is 4.85. The van der Waals surface area contributed by atoms with Crippen molar-refractivity contribution in [3.8, 4) is 5.75 Å². The molecule has 6 nitrogen and oxygen atoms in total. The highest BCUT2D eigenvalue weighted by Crippen LogP contribution is 2.32. The van der Waals surface area contributed by atoms with Gasteiger partial charge < -0.3 is 10.1 Å². The molecule has 0 aliphatic carbocycles. The molecular formula is C19H15ClN2O4S. The summed E-state index contributed by atoms with van der Waals surface area (Å²) in [5.74, 6) is -0.327. The zero-order valence-corrected chi connectivity index (χ0v) is 15.8. The molecule has 0 atom stereocenters. The lowest BCUT2D eigenvalue weighted by atomic mass is 10.2. The normalized spacial score (nSPS) is 15.3. The number of rotatable bonds is 5. The summed E-state index contributed by atoms with van der Waals surface area (Å²) >= 11 is 6.60. The summed E-state index contributed by atoms with van der Waals surface area (Å²) in [6, 6.07) is 13.7. The third-order valence-electron chi connectivity index (χ3n) is 3.69. The molecule has 0 spiro atoms. The van der Waals surface area contributed by atoms with Crippen LogP contribution in [0.25, 0.3) is 6.08 Å². The highest BCUT2D eigenvalue weighted by Gasteiger charge is 2.36. The number of thioether (sulfide) groups is 1. The number of nitrogens with zero attached hydrogens (tertiary/aromatic N) is 1. The first-order chi connectivity index (χ1) is 13.0. The largest absolute Gasteiger partial charge is 0.497 e. The molecule has 0 bridgehead atoms. The number of nitrogens with one attached hydrogen (secondary N) is 1. The van der Waals surface area contributed by atoms with Gasteiger partial charge >= 0.3 is 0 Å². The Morgan fingerprint density at radius 2 is 1.96 bits per heavy atom. The molecule has 1 saturated heterocycles. The van der Waals surface area contributed by atoms with Crippen molar-refractivity contribution in [1.29, 1.82) is 0 Å². The summed E-state index contributed by atoms with van der Waals surface area (Å²) in [6.07, 6.45) is 1.60. The number of anilines is 1. The predicted molar refractivity (Wildman–Crippen MR) is 106 cm³/mol. The Labute approximate surface area is 165 Å². The number of hydrogen-bond acceptors (Lipinski definition) is 5. The van der Waals surface area contributed by atoms with Crippen molar-refractivity contribution in [2.24, 2.45) is 0 Å². The van der Waals surface area contributed by atoms with Crippen LogP contribution in [0.15, 0.2) is 53.4 Å². The quantitative estimate of drug-likeness (QED) is 0.764. The van der Waals surface area contributed by atoms with Gasteiger partial charge in [-0.25, -0.2) is 0 Å². The van der Waals surface area contributed by atoms with Gasteiger partial charge in [0, 0.05) is 10.7 Å². The number of hydrogen-bond donors (Lipinski definition) is 1. The van der Waals surface area contributed by atoms with Crippen LogP contribution in [0.2, 0.25) is 5.02 Å². The number of ether oxygens (including phenoxy) is 1. The maximum absolute atomic E-state index is 12.5. The Morgan fingerprint density at radius 1 is 1.22 bits per heavy atom. The van der Waals surface area contributed by atoms with E-state index in [-0.39, 0.29) is 11.4 Å². The van der Waals surface area contributed by atoms with Crippen molar-refractivity contribution in [2.75, 3.05) is 19.0 Å². The first-order valence-electron chi connectivity index (χ1n) is 7.91. The lowest BCUT2D eigenvalue weighted by Gasteiger charge is -2.12. The molecule has 1 aliphatic heterocycles. The van der Waals surface area contributed by atoms with E-state index in [4.69, 9.17) is 16.3 Å². The van der Waals surface area contributed by atoms with Gasteiger partial charge in [-0.05, 0) is 59.8 Å². The molecule has 3 amide bonds. The molecular weight excluding hydrogens is 388 g/mol. The molecule has 1 N–H and O–H groups in total. The van der Waals surface area contributed by atoms with Gasteiger partial charge in [0.2, 0.25) is 5.91 Å². The van der Waals surface area contributed by atoms with Crippen molar-refractivity contribution < 1.29 is 19.1 Å². The van der Waals surface area contributed by atoms with Crippen molar-refractivity contribution in [3.63, 3.8) is 0 Å². The van der Waals surface area contributed by atoms with Crippen molar-refractivity contribution >= 4 is 52.2 Å². The zero-order chi connectivity index (χ0) is 19.4. The standard InChI is InChI=1S/C19H15ClN2O4S/c1-26-15-4-2-3-12(9-15)10-16-18(24)22(19(25)27-16)11-17(23)21-14-7-5-13(20)6-8-14/h2-10H,11H2,1H3,(H,21,23)/b16-10+. The van der Waals surface area contributed by atoms with Crippen LogP contribution in [0.5, 0.6) is 5.75 Å². The van der Waals surface area contributed by atoms with Crippen LogP contribution in [0, 0.1) is 0 Å². The molecule has 138 valence electrons. The number of methoxy groups -OCH3 is 1. The van der Waals surface area contributed by atoms with Gasteiger partial charge in [-0.15, -0.1) is 0 Å². The fraction of sp³-hybridized carbons (Fsp3) is 0.105. The Bertz CT molecular complexity index is 928. The summed E-state index contributed by atoms with van der Waals surface area (Å²) < 4.78 is 5.15. The predicted octanol–water partition coefficient (Wildman–Crippen LogP) is 4.02. The minimum Gasteiger partial charge on any atom is -0.497 e. The molecule has 2 aromatic rings. The summed E-state index contributed by atoms with van der Waals surface area (Å²) in [5.41, 5.74) is 1.26. The lowest BCUT2D eigenvalue weighted by molar-refractivity contribution is -0.127. The number of imide groups is 1. The van der Waals surface area contributed by atoms with Gasteiger partial charge in [0.15, 0.2) is 0 Å². The first-order valence-corrected chi connectivity index (χ1v) is 9.10. The van der Waals surface area contributed by atoms with E-state index >= 15 is 0 Å². The molecule has 0 unspecified atom stereocenters. The molecule has 27 heavy (non-hydrogen) atoms. The number of carbonyl (C=O) groups is 3. The van der Waals surface area contributed by atoms with Crippen LogP contribution >= 0.6 is 23.4 Å². The summed E-state index contributed by atoms with van der Waals surface area (Å²) in [6.45, 7) is -0.358. The molecule has 1 fully saturated rings. The van der Waals surface area contributed by atoms with Crippen LogP contribution in [0.4, 0.5) is 10.5 Å². The van der Waals surface area contributed by atoms with E-state index in [9.17, 15) is 14.4 Å². The van der Waals surface area contributed by atoms with E-state index in [1.807, 2.05) is 0 Å². The Balaban J connectivity index is 1.69. The van der Waals surface area contributed by atoms with E-state index in [1.54, 1.807) is 61.7 Å². The van der Waals surface area contributed by atoms with Gasteiger partial charge in [-0.3, -0.25) is 19.3 Å². The monoisotopic (exact) mass is 402 g/mol. The minimum absolute atomic E-state index is 0.257. The van der Waals surface area contributed by atoms with Gasteiger partial charge in [-0.1, -0.05) is 23.7 Å². The summed E-state index contributed by atoms with van der Waals surface area (Å²) in [5, 5.41) is 2.69. The second-order valence-electron chi connectivity index (χ2n) is 5.60. The van der Waals surface area contributed by atoms with Gasteiger partial charge in [0.05, 0.1) is 12.0 Å². The van der Waals surface area contributed by atoms with Gasteiger partial charge in [0.1, 0.15) is 12.3 Å². The van der Waals surface area contributed by atoms with Crippen LogP contribution < -0.4 is 10.1 Å². The molecule has 1 aliphatic rings. The van der Waals surface area contributed by atoms with Gasteiger partial charge in [0.25, 0.3) is 11.1 Å². The maximum atomic E-state index is 12.5. The van der Waals surface area contributed by atoms with E-state index in [1.165, 1.54) is 0 Å². The third kappa shape index (κ3) is 4.69. The molecule has 0 saturated carbocycles.